The standard InChI is InChI=1S/C15H14O6/c1-19-15(18)12-6-7-20-13(12)9-21-14(17)11-4-2-10(8-16)3-5-11/h2-7,16H,8-9H2,1H3. The molecule has 0 radical (unpaired) electrons. The highest BCUT2D eigenvalue weighted by Crippen LogP contribution is 2.14. The van der Waals surface area contributed by atoms with Crippen molar-refractivity contribution in [3.63, 3.8) is 0 Å². The molecule has 1 aromatic heterocycles. The van der Waals surface area contributed by atoms with Gasteiger partial charge in [0.2, 0.25) is 0 Å². The van der Waals surface area contributed by atoms with Crippen LogP contribution in [0.5, 0.6) is 0 Å². The highest BCUT2D eigenvalue weighted by Gasteiger charge is 2.17. The van der Waals surface area contributed by atoms with E-state index < -0.39 is 11.9 Å². The van der Waals surface area contributed by atoms with Gasteiger partial charge in [-0.3, -0.25) is 0 Å². The molecule has 6 nitrogen and oxygen atoms in total. The second-order valence-corrected chi connectivity index (χ2v) is 4.18. The molecule has 0 saturated carbocycles. The fourth-order valence-electron chi connectivity index (χ4n) is 1.70. The smallest absolute Gasteiger partial charge is 0.341 e. The molecule has 0 atom stereocenters. The third kappa shape index (κ3) is 3.49. The summed E-state index contributed by atoms with van der Waals surface area (Å²) in [6, 6.07) is 7.81. The van der Waals surface area contributed by atoms with Gasteiger partial charge in [0.05, 0.1) is 25.5 Å². The summed E-state index contributed by atoms with van der Waals surface area (Å²) in [5, 5.41) is 8.93. The number of esters is 2. The van der Waals surface area contributed by atoms with Gasteiger partial charge in [-0.1, -0.05) is 12.1 Å². The van der Waals surface area contributed by atoms with Gasteiger partial charge < -0.3 is 19.0 Å². The monoisotopic (exact) mass is 290 g/mol. The lowest BCUT2D eigenvalue weighted by atomic mass is 10.1. The van der Waals surface area contributed by atoms with Crippen LogP contribution in [0.25, 0.3) is 0 Å². The minimum absolute atomic E-state index is 0.0930. The summed E-state index contributed by atoms with van der Waals surface area (Å²) in [6.07, 6.45) is 1.32. The van der Waals surface area contributed by atoms with Gasteiger partial charge in [-0.25, -0.2) is 9.59 Å². The summed E-state index contributed by atoms with van der Waals surface area (Å²) >= 11 is 0. The largest absolute Gasteiger partial charge is 0.465 e. The van der Waals surface area contributed by atoms with Crippen LogP contribution >= 0.6 is 0 Å². The Hall–Kier alpha value is -2.60. The highest BCUT2D eigenvalue weighted by molar-refractivity contribution is 5.91. The van der Waals surface area contributed by atoms with Gasteiger partial charge in [-0.15, -0.1) is 0 Å². The van der Waals surface area contributed by atoms with Gasteiger partial charge >= 0.3 is 11.9 Å². The number of carbonyl (C=O) groups excluding carboxylic acids is 2. The normalized spacial score (nSPS) is 10.2. The molecule has 1 N–H and O–H groups in total. The van der Waals surface area contributed by atoms with E-state index in [-0.39, 0.29) is 24.5 Å². The SMILES string of the molecule is COC(=O)c1ccoc1COC(=O)c1ccc(CO)cc1. The van der Waals surface area contributed by atoms with Crippen molar-refractivity contribution in [1.29, 1.82) is 0 Å². The number of hydrogen-bond donors (Lipinski definition) is 1. The maximum Gasteiger partial charge on any atom is 0.341 e. The van der Waals surface area contributed by atoms with Crippen LogP contribution in [0, 0.1) is 0 Å². The Kier molecular flexibility index (Phi) is 4.73. The number of aliphatic hydroxyl groups excluding tert-OH is 1. The molecule has 2 aromatic rings. The Bertz CT molecular complexity index is 626. The summed E-state index contributed by atoms with van der Waals surface area (Å²) in [5.74, 6) is -0.879. The Morgan fingerprint density at radius 1 is 1.14 bits per heavy atom. The molecule has 0 bridgehead atoms. The van der Waals surface area contributed by atoms with E-state index in [1.165, 1.54) is 19.4 Å². The van der Waals surface area contributed by atoms with Gasteiger partial charge in [0.1, 0.15) is 5.56 Å². The molecule has 0 aliphatic carbocycles. The van der Waals surface area contributed by atoms with E-state index in [9.17, 15) is 9.59 Å². The van der Waals surface area contributed by atoms with E-state index in [1.54, 1.807) is 24.3 Å². The Morgan fingerprint density at radius 3 is 2.48 bits per heavy atom. The molecule has 1 aromatic carbocycles. The zero-order valence-electron chi connectivity index (χ0n) is 11.4. The molecule has 0 saturated heterocycles. The van der Waals surface area contributed by atoms with Crippen molar-refractivity contribution in [2.45, 2.75) is 13.2 Å². The van der Waals surface area contributed by atoms with Crippen LogP contribution in [0.3, 0.4) is 0 Å². The number of aliphatic hydroxyl groups is 1. The molecule has 0 aliphatic rings. The van der Waals surface area contributed by atoms with Gasteiger partial charge in [0.25, 0.3) is 0 Å². The van der Waals surface area contributed by atoms with E-state index in [0.29, 0.717) is 11.1 Å². The van der Waals surface area contributed by atoms with Crippen LogP contribution in [0.1, 0.15) is 32.0 Å². The van der Waals surface area contributed by atoms with Gasteiger partial charge in [-0.2, -0.15) is 0 Å². The molecule has 0 unspecified atom stereocenters. The summed E-state index contributed by atoms with van der Waals surface area (Å²) in [7, 11) is 1.26. The Labute approximate surface area is 120 Å². The van der Waals surface area contributed by atoms with E-state index in [0.717, 1.165) is 0 Å². The predicted octanol–water partition coefficient (Wildman–Crippen LogP) is 1.92. The van der Waals surface area contributed by atoms with Crippen molar-refractivity contribution < 1.29 is 28.6 Å². The number of ether oxygens (including phenoxy) is 2. The zero-order valence-corrected chi connectivity index (χ0v) is 11.4. The van der Waals surface area contributed by atoms with Crippen LogP contribution in [0.4, 0.5) is 0 Å². The van der Waals surface area contributed by atoms with Crippen LogP contribution in [0.2, 0.25) is 0 Å². The topological polar surface area (TPSA) is 86.0 Å². The minimum atomic E-state index is -0.554. The number of benzene rings is 1. The maximum atomic E-state index is 11.8. The fraction of sp³-hybridized carbons (Fsp3) is 0.200. The molecule has 1 heterocycles. The van der Waals surface area contributed by atoms with Crippen molar-refractivity contribution in [1.82, 2.24) is 0 Å². The highest BCUT2D eigenvalue weighted by atomic mass is 16.5. The quantitative estimate of drug-likeness (QED) is 0.847. The number of carbonyl (C=O) groups is 2. The predicted molar refractivity (Wildman–Crippen MR) is 71.5 cm³/mol. The number of methoxy groups -OCH3 is 1. The molecule has 21 heavy (non-hydrogen) atoms. The minimum Gasteiger partial charge on any atom is -0.465 e. The van der Waals surface area contributed by atoms with E-state index in [4.69, 9.17) is 14.3 Å². The second kappa shape index (κ2) is 6.71. The lowest BCUT2D eigenvalue weighted by molar-refractivity contribution is 0.0432. The van der Waals surface area contributed by atoms with E-state index >= 15 is 0 Å². The van der Waals surface area contributed by atoms with Crippen LogP contribution in [-0.2, 0) is 22.7 Å². The van der Waals surface area contributed by atoms with E-state index in [1.807, 2.05) is 0 Å². The first-order valence-electron chi connectivity index (χ1n) is 6.17. The molecule has 110 valence electrons. The van der Waals surface area contributed by atoms with E-state index in [2.05, 4.69) is 4.74 Å². The molecular weight excluding hydrogens is 276 g/mol. The average molecular weight is 290 g/mol. The van der Waals surface area contributed by atoms with Crippen molar-refractivity contribution in [2.75, 3.05) is 7.11 Å². The number of rotatable bonds is 5. The average Bonchev–Trinajstić information content (AvgIpc) is 3.00. The summed E-state index contributed by atoms with van der Waals surface area (Å²) in [5.41, 5.74) is 1.27. The third-order valence-corrected chi connectivity index (χ3v) is 2.86. The molecule has 0 fully saturated rings. The molecule has 0 spiro atoms. The molecule has 0 amide bonds. The first-order chi connectivity index (χ1) is 10.2. The third-order valence-electron chi connectivity index (χ3n) is 2.86. The second-order valence-electron chi connectivity index (χ2n) is 4.18. The number of furan rings is 1. The number of hydrogen-bond acceptors (Lipinski definition) is 6. The summed E-state index contributed by atoms with van der Waals surface area (Å²) < 4.78 is 14.8. The van der Waals surface area contributed by atoms with Crippen molar-refractivity contribution in [3.8, 4) is 0 Å². The van der Waals surface area contributed by atoms with Gasteiger partial charge in [-0.05, 0) is 23.8 Å². The van der Waals surface area contributed by atoms with Crippen molar-refractivity contribution in [2.24, 2.45) is 0 Å². The Balaban J connectivity index is 2.00. The lowest BCUT2D eigenvalue weighted by Crippen LogP contribution is -2.08. The zero-order chi connectivity index (χ0) is 15.2. The fourth-order valence-corrected chi connectivity index (χ4v) is 1.70. The summed E-state index contributed by atoms with van der Waals surface area (Å²) in [4.78, 5) is 23.3. The maximum absolute atomic E-state index is 11.8. The first kappa shape index (κ1) is 14.8. The molecule has 0 aliphatic heterocycles. The van der Waals surface area contributed by atoms with Crippen LogP contribution in [0.15, 0.2) is 41.0 Å². The van der Waals surface area contributed by atoms with Crippen molar-refractivity contribution >= 4 is 11.9 Å². The van der Waals surface area contributed by atoms with Gasteiger partial charge in [0.15, 0.2) is 12.4 Å². The Morgan fingerprint density at radius 2 is 1.86 bits per heavy atom. The molecular formula is C15H14O6. The molecule has 6 heteroatoms. The van der Waals surface area contributed by atoms with Crippen LogP contribution in [-0.4, -0.2) is 24.2 Å². The lowest BCUT2D eigenvalue weighted by Gasteiger charge is -2.05. The van der Waals surface area contributed by atoms with Gasteiger partial charge in [0, 0.05) is 0 Å². The summed E-state index contributed by atoms with van der Waals surface area (Å²) in [6.45, 7) is -0.262. The molecule has 2 rings (SSSR count). The first-order valence-corrected chi connectivity index (χ1v) is 6.17. The van der Waals surface area contributed by atoms with Crippen molar-refractivity contribution in [3.05, 3.63) is 59.0 Å². The van der Waals surface area contributed by atoms with Crippen LogP contribution < -0.4 is 0 Å².